The number of hydrogen-bond donors (Lipinski definition) is 1. The van der Waals surface area contributed by atoms with E-state index in [9.17, 15) is 0 Å². The van der Waals surface area contributed by atoms with Gasteiger partial charge in [-0.05, 0) is 43.5 Å². The first-order valence-electron chi connectivity index (χ1n) is 5.62. The molecule has 2 rings (SSSR count). The minimum atomic E-state index is -0.0617. The Morgan fingerprint density at radius 1 is 1.29 bits per heavy atom. The monoisotopic (exact) mass is 228 g/mol. The molecule has 0 fully saturated rings. The van der Waals surface area contributed by atoms with Crippen molar-refractivity contribution < 1.29 is 0 Å². The van der Waals surface area contributed by atoms with Gasteiger partial charge < -0.3 is 5.73 Å². The molecule has 0 bridgehead atoms. The summed E-state index contributed by atoms with van der Waals surface area (Å²) < 4.78 is 0. The van der Waals surface area contributed by atoms with E-state index in [1.807, 2.05) is 38.2 Å². The number of rotatable bonds is 3. The van der Waals surface area contributed by atoms with Crippen LogP contribution in [0.5, 0.6) is 0 Å². The third kappa shape index (κ3) is 2.85. The summed E-state index contributed by atoms with van der Waals surface area (Å²) in [5, 5.41) is 8.11. The van der Waals surface area contributed by atoms with E-state index in [0.29, 0.717) is 0 Å². The number of hydrogen-bond acceptors (Lipinski definition) is 4. The van der Waals surface area contributed by atoms with Gasteiger partial charge in [-0.15, -0.1) is 0 Å². The lowest BCUT2D eigenvalue weighted by atomic mass is 10.00. The zero-order valence-electron chi connectivity index (χ0n) is 10.1. The molecule has 1 atom stereocenters. The molecular weight excluding hydrogens is 212 g/mol. The van der Waals surface area contributed by atoms with Crippen molar-refractivity contribution >= 4 is 0 Å². The average Bonchev–Trinajstić information content (AvgIpc) is 2.33. The van der Waals surface area contributed by atoms with Crippen molar-refractivity contribution in [1.29, 1.82) is 0 Å². The van der Waals surface area contributed by atoms with Gasteiger partial charge in [0.25, 0.3) is 0 Å². The maximum atomic E-state index is 6.20. The summed E-state index contributed by atoms with van der Waals surface area (Å²) in [6, 6.07) is 5.89. The van der Waals surface area contributed by atoms with Gasteiger partial charge in [-0.1, -0.05) is 6.07 Å². The van der Waals surface area contributed by atoms with E-state index in [4.69, 9.17) is 5.73 Å². The highest BCUT2D eigenvalue weighted by molar-refractivity contribution is 5.25. The zero-order chi connectivity index (χ0) is 12.3. The summed E-state index contributed by atoms with van der Waals surface area (Å²) in [7, 11) is 0. The molecule has 0 aliphatic heterocycles. The lowest BCUT2D eigenvalue weighted by Crippen LogP contribution is -2.16. The summed E-state index contributed by atoms with van der Waals surface area (Å²) in [5.41, 5.74) is 10.2. The Morgan fingerprint density at radius 2 is 2.12 bits per heavy atom. The molecule has 2 heterocycles. The van der Waals surface area contributed by atoms with Crippen molar-refractivity contribution in [3.8, 4) is 0 Å². The van der Waals surface area contributed by atoms with Crippen LogP contribution in [-0.4, -0.2) is 15.2 Å². The summed E-state index contributed by atoms with van der Waals surface area (Å²) >= 11 is 0. The van der Waals surface area contributed by atoms with Crippen molar-refractivity contribution in [2.24, 2.45) is 5.73 Å². The molecule has 0 amide bonds. The van der Waals surface area contributed by atoms with E-state index >= 15 is 0 Å². The standard InChI is InChI=1S/C13H16N4/c1-9-6-12(10(2)17-16-9)13(14)7-11-4-3-5-15-8-11/h3-6,8,13H,7,14H2,1-2H3. The van der Waals surface area contributed by atoms with Crippen LogP contribution in [-0.2, 0) is 6.42 Å². The van der Waals surface area contributed by atoms with Gasteiger partial charge in [0.05, 0.1) is 11.4 Å². The molecule has 88 valence electrons. The number of nitrogens with two attached hydrogens (primary N) is 1. The third-order valence-electron chi connectivity index (χ3n) is 2.72. The topological polar surface area (TPSA) is 64.7 Å². The van der Waals surface area contributed by atoms with E-state index in [2.05, 4.69) is 15.2 Å². The average molecular weight is 228 g/mol. The largest absolute Gasteiger partial charge is 0.324 e. The fraction of sp³-hybridized carbons (Fsp3) is 0.308. The second-order valence-corrected chi connectivity index (χ2v) is 4.20. The number of aromatic nitrogens is 3. The fourth-order valence-electron chi connectivity index (χ4n) is 1.83. The lowest BCUT2D eigenvalue weighted by Gasteiger charge is -2.14. The van der Waals surface area contributed by atoms with Gasteiger partial charge in [0.15, 0.2) is 0 Å². The predicted molar refractivity (Wildman–Crippen MR) is 66.4 cm³/mol. The minimum absolute atomic E-state index is 0.0617. The maximum absolute atomic E-state index is 6.20. The molecule has 0 saturated heterocycles. The minimum Gasteiger partial charge on any atom is -0.324 e. The first kappa shape index (κ1) is 11.7. The van der Waals surface area contributed by atoms with Crippen LogP contribution in [0.25, 0.3) is 0 Å². The third-order valence-corrected chi connectivity index (χ3v) is 2.72. The van der Waals surface area contributed by atoms with Crippen LogP contribution in [0.2, 0.25) is 0 Å². The molecule has 1 unspecified atom stereocenters. The predicted octanol–water partition coefficient (Wildman–Crippen LogP) is 1.73. The van der Waals surface area contributed by atoms with E-state index in [-0.39, 0.29) is 6.04 Å². The zero-order valence-corrected chi connectivity index (χ0v) is 10.1. The highest BCUT2D eigenvalue weighted by atomic mass is 15.1. The van der Waals surface area contributed by atoms with Crippen molar-refractivity contribution in [2.75, 3.05) is 0 Å². The normalized spacial score (nSPS) is 12.4. The molecule has 0 aromatic carbocycles. The SMILES string of the molecule is Cc1cc(C(N)Cc2cccnc2)c(C)nn1. The number of pyridine rings is 1. The van der Waals surface area contributed by atoms with Crippen LogP contribution in [0.3, 0.4) is 0 Å². The Kier molecular flexibility index (Phi) is 3.44. The van der Waals surface area contributed by atoms with Crippen molar-refractivity contribution in [3.63, 3.8) is 0 Å². The van der Waals surface area contributed by atoms with Crippen LogP contribution in [0.15, 0.2) is 30.6 Å². The van der Waals surface area contributed by atoms with Crippen molar-refractivity contribution in [1.82, 2.24) is 15.2 Å². The van der Waals surface area contributed by atoms with E-state index in [0.717, 1.165) is 28.9 Å². The quantitative estimate of drug-likeness (QED) is 0.869. The summed E-state index contributed by atoms with van der Waals surface area (Å²) in [6.45, 7) is 3.86. The number of nitrogens with zero attached hydrogens (tertiary/aromatic N) is 3. The first-order chi connectivity index (χ1) is 8.16. The Bertz CT molecular complexity index is 496. The van der Waals surface area contributed by atoms with Crippen LogP contribution < -0.4 is 5.73 Å². The molecule has 4 heteroatoms. The molecule has 4 nitrogen and oxygen atoms in total. The first-order valence-corrected chi connectivity index (χ1v) is 5.62. The summed E-state index contributed by atoms with van der Waals surface area (Å²) in [4.78, 5) is 4.09. The van der Waals surface area contributed by atoms with Gasteiger partial charge in [-0.25, -0.2) is 0 Å². The van der Waals surface area contributed by atoms with E-state index < -0.39 is 0 Å². The number of aryl methyl sites for hydroxylation is 2. The second kappa shape index (κ2) is 5.01. The lowest BCUT2D eigenvalue weighted by molar-refractivity contribution is 0.698. The molecule has 0 aliphatic carbocycles. The molecule has 0 saturated carbocycles. The summed E-state index contributed by atoms with van der Waals surface area (Å²) in [6.07, 6.45) is 4.37. The smallest absolute Gasteiger partial charge is 0.0648 e. The van der Waals surface area contributed by atoms with Gasteiger partial charge in [-0.2, -0.15) is 10.2 Å². The summed E-state index contributed by atoms with van der Waals surface area (Å²) in [5.74, 6) is 0. The van der Waals surface area contributed by atoms with Crippen LogP contribution in [0.1, 0.15) is 28.6 Å². The Hall–Kier alpha value is -1.81. The molecule has 2 N–H and O–H groups in total. The molecule has 0 aliphatic rings. The van der Waals surface area contributed by atoms with Crippen molar-refractivity contribution in [2.45, 2.75) is 26.3 Å². The second-order valence-electron chi connectivity index (χ2n) is 4.20. The van der Waals surface area contributed by atoms with Gasteiger partial charge in [0.2, 0.25) is 0 Å². The van der Waals surface area contributed by atoms with E-state index in [1.165, 1.54) is 0 Å². The Morgan fingerprint density at radius 3 is 2.82 bits per heavy atom. The maximum Gasteiger partial charge on any atom is 0.0648 e. The van der Waals surface area contributed by atoms with Crippen LogP contribution >= 0.6 is 0 Å². The Balaban J connectivity index is 2.20. The fourth-order valence-corrected chi connectivity index (χ4v) is 1.83. The van der Waals surface area contributed by atoms with Gasteiger partial charge >= 0.3 is 0 Å². The molecule has 2 aromatic rings. The van der Waals surface area contributed by atoms with Gasteiger partial charge in [0, 0.05) is 18.4 Å². The Labute approximate surface area is 101 Å². The van der Waals surface area contributed by atoms with Gasteiger partial charge in [-0.3, -0.25) is 4.98 Å². The van der Waals surface area contributed by atoms with E-state index in [1.54, 1.807) is 6.20 Å². The molecule has 2 aromatic heterocycles. The van der Waals surface area contributed by atoms with Gasteiger partial charge in [0.1, 0.15) is 0 Å². The van der Waals surface area contributed by atoms with Crippen LogP contribution in [0.4, 0.5) is 0 Å². The molecule has 17 heavy (non-hydrogen) atoms. The molecular formula is C13H16N4. The highest BCUT2D eigenvalue weighted by Crippen LogP contribution is 2.18. The van der Waals surface area contributed by atoms with Crippen molar-refractivity contribution in [3.05, 3.63) is 53.1 Å². The highest BCUT2D eigenvalue weighted by Gasteiger charge is 2.11. The van der Waals surface area contributed by atoms with Crippen LogP contribution in [0, 0.1) is 13.8 Å². The molecule has 0 radical (unpaired) electrons. The molecule has 0 spiro atoms.